The van der Waals surface area contributed by atoms with E-state index in [1.165, 1.54) is 27.1 Å². The summed E-state index contributed by atoms with van der Waals surface area (Å²) >= 11 is 0. The third kappa shape index (κ3) is 4.22. The number of fused-ring (bicyclic) bond motifs is 1. The molecule has 3 heterocycles. The van der Waals surface area contributed by atoms with Gasteiger partial charge in [-0.05, 0) is 6.07 Å². The summed E-state index contributed by atoms with van der Waals surface area (Å²) in [6.45, 7) is 3.99. The Morgan fingerprint density at radius 2 is 2.04 bits per heavy atom. The average Bonchev–Trinajstić information content (AvgIpc) is 3.16. The van der Waals surface area contributed by atoms with E-state index in [4.69, 9.17) is 14.2 Å². The quantitative estimate of drug-likeness (QED) is 0.772. The topological polar surface area (TPSA) is 122 Å². The van der Waals surface area contributed by atoms with Crippen molar-refractivity contribution in [1.29, 1.82) is 0 Å². The molecule has 0 aliphatic carbocycles. The summed E-state index contributed by atoms with van der Waals surface area (Å²) in [4.78, 5) is 42.2. The number of amides is 1. The summed E-state index contributed by atoms with van der Waals surface area (Å²) in [6.07, 6.45) is 1.85. The lowest BCUT2D eigenvalue weighted by atomic mass is 10.2. The number of ether oxygens (including phenoxy) is 3. The molecule has 1 aliphatic rings. The SMILES string of the molecule is CC(=O)Nc1ncnc2c1ccn2[C@H]1C[C@H](OC(C)=O)[C@@H](COC(C)=O)O1. The molecule has 2 aromatic heterocycles. The van der Waals surface area contributed by atoms with Gasteiger partial charge in [-0.3, -0.25) is 14.4 Å². The fourth-order valence-electron chi connectivity index (χ4n) is 3.03. The van der Waals surface area contributed by atoms with Gasteiger partial charge in [0.05, 0.1) is 5.39 Å². The van der Waals surface area contributed by atoms with Gasteiger partial charge in [-0.15, -0.1) is 0 Å². The molecule has 0 aromatic carbocycles. The highest BCUT2D eigenvalue weighted by Gasteiger charge is 2.39. The lowest BCUT2D eigenvalue weighted by Crippen LogP contribution is -2.31. The smallest absolute Gasteiger partial charge is 0.303 e. The van der Waals surface area contributed by atoms with Crippen LogP contribution in [0.15, 0.2) is 18.6 Å². The van der Waals surface area contributed by atoms with E-state index in [0.717, 1.165) is 0 Å². The normalized spacial score (nSPS) is 21.8. The Labute approximate surface area is 154 Å². The fourth-order valence-corrected chi connectivity index (χ4v) is 3.03. The number of nitrogens with one attached hydrogen (secondary N) is 1. The van der Waals surface area contributed by atoms with Crippen LogP contribution in [0.4, 0.5) is 5.82 Å². The lowest BCUT2D eigenvalue weighted by molar-refractivity contribution is -0.155. The third-order valence-corrected chi connectivity index (χ3v) is 4.06. The van der Waals surface area contributed by atoms with Gasteiger partial charge in [0.15, 0.2) is 0 Å². The largest absolute Gasteiger partial charge is 0.463 e. The van der Waals surface area contributed by atoms with Crippen LogP contribution in [-0.4, -0.2) is 51.2 Å². The maximum Gasteiger partial charge on any atom is 0.303 e. The second kappa shape index (κ2) is 7.70. The summed E-state index contributed by atoms with van der Waals surface area (Å²) in [5.41, 5.74) is 0.563. The van der Waals surface area contributed by atoms with Crippen LogP contribution in [0, 0.1) is 0 Å². The Morgan fingerprint density at radius 3 is 2.70 bits per heavy atom. The number of carbonyl (C=O) groups is 3. The lowest BCUT2D eigenvalue weighted by Gasteiger charge is -2.17. The van der Waals surface area contributed by atoms with Crippen LogP contribution >= 0.6 is 0 Å². The van der Waals surface area contributed by atoms with Crippen molar-refractivity contribution in [2.75, 3.05) is 11.9 Å². The minimum absolute atomic E-state index is 0.0187. The fraction of sp³-hybridized carbons (Fsp3) is 0.471. The van der Waals surface area contributed by atoms with Crippen LogP contribution < -0.4 is 5.32 Å². The predicted molar refractivity (Wildman–Crippen MR) is 92.5 cm³/mol. The van der Waals surface area contributed by atoms with Crippen molar-refractivity contribution in [3.63, 3.8) is 0 Å². The second-order valence-corrected chi connectivity index (χ2v) is 6.18. The Balaban J connectivity index is 1.86. The molecule has 0 radical (unpaired) electrons. The van der Waals surface area contributed by atoms with Crippen molar-refractivity contribution in [1.82, 2.24) is 14.5 Å². The van der Waals surface area contributed by atoms with Crippen LogP contribution in [0.5, 0.6) is 0 Å². The van der Waals surface area contributed by atoms with Gasteiger partial charge in [-0.1, -0.05) is 0 Å². The summed E-state index contributed by atoms with van der Waals surface area (Å²) in [6, 6.07) is 1.77. The summed E-state index contributed by atoms with van der Waals surface area (Å²) in [5.74, 6) is -0.721. The van der Waals surface area contributed by atoms with Crippen LogP contribution in [0.3, 0.4) is 0 Å². The number of hydrogen-bond donors (Lipinski definition) is 1. The van der Waals surface area contributed by atoms with Crippen LogP contribution in [0.2, 0.25) is 0 Å². The van der Waals surface area contributed by atoms with Gasteiger partial charge in [0.1, 0.15) is 42.8 Å². The van der Waals surface area contributed by atoms with E-state index in [-0.39, 0.29) is 12.5 Å². The number of rotatable bonds is 5. The van der Waals surface area contributed by atoms with E-state index in [2.05, 4.69) is 15.3 Å². The maximum absolute atomic E-state index is 11.4. The molecule has 27 heavy (non-hydrogen) atoms. The molecule has 2 aromatic rings. The molecule has 0 spiro atoms. The zero-order valence-corrected chi connectivity index (χ0v) is 15.2. The van der Waals surface area contributed by atoms with Gasteiger partial charge in [-0.25, -0.2) is 9.97 Å². The monoisotopic (exact) mass is 376 g/mol. The Hall–Kier alpha value is -3.01. The van der Waals surface area contributed by atoms with Crippen molar-refractivity contribution in [2.45, 2.75) is 45.6 Å². The van der Waals surface area contributed by atoms with Gasteiger partial charge in [-0.2, -0.15) is 0 Å². The van der Waals surface area contributed by atoms with Crippen LogP contribution in [0.25, 0.3) is 11.0 Å². The molecule has 1 saturated heterocycles. The molecule has 0 bridgehead atoms. The van der Waals surface area contributed by atoms with Crippen molar-refractivity contribution >= 4 is 34.7 Å². The Bertz CT molecular complexity index is 879. The van der Waals surface area contributed by atoms with Crippen molar-refractivity contribution in [2.24, 2.45) is 0 Å². The standard InChI is InChI=1S/C17H20N4O6/c1-9(22)20-16-12-4-5-21(17(12)19-8-18-16)15-6-13(26-11(3)24)14(27-15)7-25-10(2)23/h4-5,8,13-15H,6-7H2,1-3H3,(H,18,19,20,22)/t13-,14+,15+/m0/s1. The van der Waals surface area contributed by atoms with E-state index >= 15 is 0 Å². The van der Waals surface area contributed by atoms with Crippen molar-refractivity contribution in [3.8, 4) is 0 Å². The zero-order chi connectivity index (χ0) is 19.6. The first-order valence-electron chi connectivity index (χ1n) is 8.40. The minimum Gasteiger partial charge on any atom is -0.463 e. The summed E-state index contributed by atoms with van der Waals surface area (Å²) < 4.78 is 18.1. The van der Waals surface area contributed by atoms with E-state index in [1.807, 2.05) is 0 Å². The molecule has 0 saturated carbocycles. The second-order valence-electron chi connectivity index (χ2n) is 6.18. The minimum atomic E-state index is -0.586. The number of anilines is 1. The highest BCUT2D eigenvalue weighted by Crippen LogP contribution is 2.34. The summed E-state index contributed by atoms with van der Waals surface area (Å²) in [5, 5.41) is 3.31. The molecule has 1 N–H and O–H groups in total. The number of nitrogens with zero attached hydrogens (tertiary/aromatic N) is 3. The molecule has 144 valence electrons. The van der Waals surface area contributed by atoms with Crippen molar-refractivity contribution in [3.05, 3.63) is 18.6 Å². The van der Waals surface area contributed by atoms with Gasteiger partial charge < -0.3 is 24.1 Å². The molecule has 0 unspecified atom stereocenters. The van der Waals surface area contributed by atoms with E-state index < -0.39 is 30.4 Å². The highest BCUT2D eigenvalue weighted by molar-refractivity contribution is 5.97. The first-order chi connectivity index (χ1) is 12.8. The van der Waals surface area contributed by atoms with Gasteiger partial charge >= 0.3 is 11.9 Å². The Morgan fingerprint density at radius 1 is 1.26 bits per heavy atom. The van der Waals surface area contributed by atoms with Gasteiger partial charge in [0.2, 0.25) is 5.91 Å². The average molecular weight is 376 g/mol. The molecule has 10 nitrogen and oxygen atoms in total. The molecular formula is C17H20N4O6. The van der Waals surface area contributed by atoms with Crippen molar-refractivity contribution < 1.29 is 28.6 Å². The maximum atomic E-state index is 11.4. The number of carbonyl (C=O) groups excluding carboxylic acids is 3. The first-order valence-corrected chi connectivity index (χ1v) is 8.40. The van der Waals surface area contributed by atoms with Crippen LogP contribution in [-0.2, 0) is 28.6 Å². The first kappa shape index (κ1) is 18.8. The molecule has 3 rings (SSSR count). The van der Waals surface area contributed by atoms with E-state index in [1.54, 1.807) is 16.8 Å². The third-order valence-electron chi connectivity index (χ3n) is 4.06. The van der Waals surface area contributed by atoms with Gasteiger partial charge in [0.25, 0.3) is 0 Å². The van der Waals surface area contributed by atoms with Gasteiger partial charge in [0, 0.05) is 33.4 Å². The zero-order valence-electron chi connectivity index (χ0n) is 15.2. The van der Waals surface area contributed by atoms with E-state index in [0.29, 0.717) is 23.3 Å². The Kier molecular flexibility index (Phi) is 5.36. The highest BCUT2D eigenvalue weighted by atomic mass is 16.6. The number of hydrogen-bond acceptors (Lipinski definition) is 8. The molecule has 3 atom stereocenters. The molecule has 1 fully saturated rings. The molecule has 1 amide bonds. The number of aromatic nitrogens is 3. The molecule has 1 aliphatic heterocycles. The number of esters is 2. The molecular weight excluding hydrogens is 356 g/mol. The predicted octanol–water partition coefficient (Wildman–Crippen LogP) is 1.17. The summed E-state index contributed by atoms with van der Waals surface area (Å²) in [7, 11) is 0. The molecule has 10 heteroatoms. The van der Waals surface area contributed by atoms with E-state index in [9.17, 15) is 14.4 Å². The van der Waals surface area contributed by atoms with Crippen LogP contribution in [0.1, 0.15) is 33.4 Å².